The van der Waals surface area contributed by atoms with E-state index in [4.69, 9.17) is 27.9 Å². The van der Waals surface area contributed by atoms with Crippen LogP contribution >= 0.6 is 47.2 Å². The zero-order chi connectivity index (χ0) is 14.1. The van der Waals surface area contributed by atoms with Crippen molar-refractivity contribution < 1.29 is 4.74 Å². The highest BCUT2D eigenvalue weighted by atomic mass is 127. The summed E-state index contributed by atoms with van der Waals surface area (Å²) in [5, 5.41) is 7.60. The number of benzene rings is 1. The molecule has 0 aromatic heterocycles. The first kappa shape index (κ1) is 19.8. The van der Waals surface area contributed by atoms with Gasteiger partial charge in [-0.1, -0.05) is 29.3 Å². The fraction of sp³-hybridized carbons (Fsp3) is 0.462. The SMILES string of the molecule is CCOCCNC(=NC)NCc1ccc(Cl)cc1Cl.I. The summed E-state index contributed by atoms with van der Waals surface area (Å²) in [7, 11) is 1.72. The molecule has 0 saturated carbocycles. The van der Waals surface area contributed by atoms with Gasteiger partial charge in [0.2, 0.25) is 0 Å². The van der Waals surface area contributed by atoms with Crippen LogP contribution in [0.1, 0.15) is 12.5 Å². The van der Waals surface area contributed by atoms with Crippen LogP contribution < -0.4 is 10.6 Å². The van der Waals surface area contributed by atoms with Crippen LogP contribution in [0.4, 0.5) is 0 Å². The van der Waals surface area contributed by atoms with E-state index in [0.29, 0.717) is 42.3 Å². The third-order valence-electron chi connectivity index (χ3n) is 2.43. The van der Waals surface area contributed by atoms with Gasteiger partial charge in [-0.05, 0) is 24.6 Å². The van der Waals surface area contributed by atoms with E-state index in [1.807, 2.05) is 19.1 Å². The second-order valence-electron chi connectivity index (χ2n) is 3.79. The maximum Gasteiger partial charge on any atom is 0.191 e. The van der Waals surface area contributed by atoms with Gasteiger partial charge in [0.1, 0.15) is 0 Å². The van der Waals surface area contributed by atoms with Crippen LogP contribution in [-0.2, 0) is 11.3 Å². The lowest BCUT2D eigenvalue weighted by Crippen LogP contribution is -2.38. The van der Waals surface area contributed by atoms with Crippen LogP contribution in [0.25, 0.3) is 0 Å². The maximum absolute atomic E-state index is 6.10. The quantitative estimate of drug-likeness (QED) is 0.314. The third kappa shape index (κ3) is 7.52. The standard InChI is InChI=1S/C13H19Cl2N3O.HI/c1-3-19-7-6-17-13(16-2)18-9-10-4-5-11(14)8-12(10)15;/h4-5,8H,3,6-7,9H2,1-2H3,(H2,16,17,18);1H. The molecule has 0 bridgehead atoms. The van der Waals surface area contributed by atoms with E-state index in [1.165, 1.54) is 0 Å². The van der Waals surface area contributed by atoms with Gasteiger partial charge in [0, 0.05) is 36.8 Å². The molecule has 0 unspecified atom stereocenters. The van der Waals surface area contributed by atoms with Gasteiger partial charge in [-0.2, -0.15) is 0 Å². The molecular formula is C13H20Cl2IN3O. The van der Waals surface area contributed by atoms with Crippen LogP contribution in [0, 0.1) is 0 Å². The summed E-state index contributed by atoms with van der Waals surface area (Å²) < 4.78 is 5.24. The van der Waals surface area contributed by atoms with Gasteiger partial charge in [0.05, 0.1) is 6.61 Å². The summed E-state index contributed by atoms with van der Waals surface area (Å²) in [6.45, 7) is 4.63. The van der Waals surface area contributed by atoms with Crippen LogP contribution in [0.3, 0.4) is 0 Å². The molecule has 0 heterocycles. The molecule has 2 N–H and O–H groups in total. The lowest BCUT2D eigenvalue weighted by atomic mass is 10.2. The number of halogens is 3. The minimum Gasteiger partial charge on any atom is -0.380 e. The number of ether oxygens (including phenoxy) is 1. The molecule has 1 rings (SSSR count). The van der Waals surface area contributed by atoms with Crippen molar-refractivity contribution in [3.8, 4) is 0 Å². The van der Waals surface area contributed by atoms with Gasteiger partial charge in [-0.3, -0.25) is 4.99 Å². The molecule has 1 aromatic rings. The van der Waals surface area contributed by atoms with Gasteiger partial charge >= 0.3 is 0 Å². The highest BCUT2D eigenvalue weighted by Crippen LogP contribution is 2.20. The molecule has 0 aliphatic carbocycles. The fourth-order valence-corrected chi connectivity index (χ4v) is 1.93. The van der Waals surface area contributed by atoms with Crippen molar-refractivity contribution in [2.75, 3.05) is 26.8 Å². The van der Waals surface area contributed by atoms with Crippen molar-refractivity contribution in [1.29, 1.82) is 0 Å². The maximum atomic E-state index is 6.10. The smallest absolute Gasteiger partial charge is 0.191 e. The Morgan fingerprint density at radius 3 is 2.65 bits per heavy atom. The van der Waals surface area contributed by atoms with Crippen LogP contribution in [0.15, 0.2) is 23.2 Å². The topological polar surface area (TPSA) is 45.6 Å². The molecule has 20 heavy (non-hydrogen) atoms. The Kier molecular flexibility index (Phi) is 11.3. The van der Waals surface area contributed by atoms with E-state index in [9.17, 15) is 0 Å². The second-order valence-corrected chi connectivity index (χ2v) is 4.63. The Morgan fingerprint density at radius 1 is 1.30 bits per heavy atom. The molecule has 0 aliphatic heterocycles. The van der Waals surface area contributed by atoms with E-state index < -0.39 is 0 Å². The van der Waals surface area contributed by atoms with Crippen LogP contribution in [0.2, 0.25) is 10.0 Å². The lowest BCUT2D eigenvalue weighted by Gasteiger charge is -2.12. The van der Waals surface area contributed by atoms with E-state index in [2.05, 4.69) is 15.6 Å². The van der Waals surface area contributed by atoms with Crippen molar-refractivity contribution in [1.82, 2.24) is 10.6 Å². The summed E-state index contributed by atoms with van der Waals surface area (Å²) in [5.41, 5.74) is 0.971. The molecule has 4 nitrogen and oxygen atoms in total. The number of rotatable bonds is 6. The van der Waals surface area contributed by atoms with Gasteiger partial charge in [-0.15, -0.1) is 24.0 Å². The van der Waals surface area contributed by atoms with Gasteiger partial charge < -0.3 is 15.4 Å². The summed E-state index contributed by atoms with van der Waals surface area (Å²) in [5.74, 6) is 0.714. The Bertz CT molecular complexity index is 430. The molecule has 0 spiro atoms. The first-order chi connectivity index (χ1) is 9.17. The van der Waals surface area contributed by atoms with Crippen molar-refractivity contribution in [2.45, 2.75) is 13.5 Å². The number of nitrogens with zero attached hydrogens (tertiary/aromatic N) is 1. The number of aliphatic imine (C=N–C) groups is 1. The molecule has 0 saturated heterocycles. The molecule has 0 fully saturated rings. The highest BCUT2D eigenvalue weighted by molar-refractivity contribution is 14.0. The zero-order valence-electron chi connectivity index (χ0n) is 11.6. The Labute approximate surface area is 147 Å². The monoisotopic (exact) mass is 431 g/mol. The molecule has 0 atom stereocenters. The minimum absolute atomic E-state index is 0. The van der Waals surface area contributed by atoms with E-state index in [0.717, 1.165) is 5.56 Å². The summed E-state index contributed by atoms with van der Waals surface area (Å²) in [6.07, 6.45) is 0. The minimum atomic E-state index is 0. The van der Waals surface area contributed by atoms with Crippen molar-refractivity contribution >= 4 is 53.1 Å². The number of nitrogens with one attached hydrogen (secondary N) is 2. The van der Waals surface area contributed by atoms with E-state index >= 15 is 0 Å². The molecule has 114 valence electrons. The Balaban J connectivity index is 0.00000361. The van der Waals surface area contributed by atoms with E-state index in [1.54, 1.807) is 13.1 Å². The number of guanidine groups is 1. The second kappa shape index (κ2) is 11.4. The molecular weight excluding hydrogens is 412 g/mol. The lowest BCUT2D eigenvalue weighted by molar-refractivity contribution is 0.152. The fourth-order valence-electron chi connectivity index (χ4n) is 1.45. The Hall–Kier alpha value is -0.240. The molecule has 7 heteroatoms. The third-order valence-corrected chi connectivity index (χ3v) is 3.01. The predicted molar refractivity (Wildman–Crippen MR) is 96.6 cm³/mol. The largest absolute Gasteiger partial charge is 0.380 e. The van der Waals surface area contributed by atoms with Crippen molar-refractivity contribution in [3.05, 3.63) is 33.8 Å². The van der Waals surface area contributed by atoms with Crippen molar-refractivity contribution in [2.24, 2.45) is 4.99 Å². The normalized spacial score (nSPS) is 10.9. The molecule has 0 aliphatic rings. The Morgan fingerprint density at radius 2 is 2.05 bits per heavy atom. The first-order valence-electron chi connectivity index (χ1n) is 6.13. The van der Waals surface area contributed by atoms with E-state index in [-0.39, 0.29) is 24.0 Å². The molecule has 0 radical (unpaired) electrons. The van der Waals surface area contributed by atoms with Gasteiger partial charge in [0.15, 0.2) is 5.96 Å². The number of hydrogen-bond donors (Lipinski definition) is 2. The highest BCUT2D eigenvalue weighted by Gasteiger charge is 2.02. The zero-order valence-corrected chi connectivity index (χ0v) is 15.4. The van der Waals surface area contributed by atoms with Crippen LogP contribution in [-0.4, -0.2) is 32.8 Å². The average Bonchev–Trinajstić information content (AvgIpc) is 2.40. The summed E-state index contributed by atoms with van der Waals surface area (Å²) in [4.78, 5) is 4.12. The average molecular weight is 432 g/mol. The van der Waals surface area contributed by atoms with Crippen molar-refractivity contribution in [3.63, 3.8) is 0 Å². The van der Waals surface area contributed by atoms with Crippen LogP contribution in [0.5, 0.6) is 0 Å². The predicted octanol–water partition coefficient (Wildman–Crippen LogP) is 3.31. The number of hydrogen-bond acceptors (Lipinski definition) is 2. The summed E-state index contributed by atoms with van der Waals surface area (Å²) in [6, 6.07) is 5.44. The van der Waals surface area contributed by atoms with Gasteiger partial charge in [-0.25, -0.2) is 0 Å². The molecule has 1 aromatic carbocycles. The molecule has 0 amide bonds. The summed E-state index contributed by atoms with van der Waals surface area (Å²) >= 11 is 11.9. The first-order valence-corrected chi connectivity index (χ1v) is 6.89. The van der Waals surface area contributed by atoms with Gasteiger partial charge in [0.25, 0.3) is 0 Å².